The third-order valence-corrected chi connectivity index (χ3v) is 9.25. The van der Waals surface area contributed by atoms with Gasteiger partial charge in [0, 0.05) is 78.1 Å². The Morgan fingerprint density at radius 1 is 0.915 bits per heavy atom. The number of fused-ring (bicyclic) bond motifs is 1. The van der Waals surface area contributed by atoms with Crippen LogP contribution in [0.3, 0.4) is 0 Å². The second kappa shape index (κ2) is 15.0. The van der Waals surface area contributed by atoms with Gasteiger partial charge in [0.05, 0.1) is 38.1 Å². The van der Waals surface area contributed by atoms with Crippen molar-refractivity contribution in [2.75, 3.05) is 39.4 Å². The first-order valence-corrected chi connectivity index (χ1v) is 16.5. The molecule has 4 aromatic rings. The average Bonchev–Trinajstić information content (AvgIpc) is 3.43. The number of carbonyl (C=O) groups is 2. The van der Waals surface area contributed by atoms with E-state index in [1.165, 1.54) is 4.90 Å². The molecule has 3 aromatic carbocycles. The number of benzene rings is 3. The molecule has 1 atom stereocenters. The van der Waals surface area contributed by atoms with Gasteiger partial charge in [-0.25, -0.2) is 0 Å². The second-order valence-corrected chi connectivity index (χ2v) is 12.8. The van der Waals surface area contributed by atoms with Crippen LogP contribution < -0.4 is 11.1 Å². The van der Waals surface area contributed by atoms with Crippen LogP contribution in [-0.2, 0) is 46.9 Å². The summed E-state index contributed by atoms with van der Waals surface area (Å²) in [6.07, 6.45) is -0.158. The minimum Gasteiger partial charge on any atom is -0.390 e. The Balaban J connectivity index is 1.23. The summed E-state index contributed by atoms with van der Waals surface area (Å²) in [5.41, 5.74) is 12.7. The number of morpholine rings is 1. The van der Waals surface area contributed by atoms with Crippen molar-refractivity contribution in [3.63, 3.8) is 0 Å². The summed E-state index contributed by atoms with van der Waals surface area (Å²) < 4.78 is 7.29. The van der Waals surface area contributed by atoms with Crippen LogP contribution in [0.15, 0.2) is 66.7 Å². The van der Waals surface area contributed by atoms with Crippen LogP contribution >= 0.6 is 23.2 Å². The van der Waals surface area contributed by atoms with Crippen LogP contribution in [0.1, 0.15) is 22.4 Å². The van der Waals surface area contributed by atoms with Gasteiger partial charge in [-0.1, -0.05) is 65.7 Å². The summed E-state index contributed by atoms with van der Waals surface area (Å²) in [6.45, 7) is 5.65. The van der Waals surface area contributed by atoms with Crippen LogP contribution in [0.2, 0.25) is 10.0 Å². The number of nitrogens with zero attached hydrogens (tertiary/aromatic N) is 4. The molecule has 246 valence electrons. The van der Waals surface area contributed by atoms with Crippen LogP contribution in [0.5, 0.6) is 0 Å². The summed E-state index contributed by atoms with van der Waals surface area (Å²) in [4.78, 5) is 28.0. The second-order valence-electron chi connectivity index (χ2n) is 12.0. The summed E-state index contributed by atoms with van der Waals surface area (Å²) in [7, 11) is 0. The predicted octanol–water partition coefficient (Wildman–Crippen LogP) is 3.88. The van der Waals surface area contributed by atoms with Crippen molar-refractivity contribution in [1.82, 2.24) is 24.9 Å². The third kappa shape index (κ3) is 8.03. The topological polar surface area (TPSA) is 126 Å². The third-order valence-electron chi connectivity index (χ3n) is 8.66. The lowest BCUT2D eigenvalue weighted by atomic mass is 9.97. The van der Waals surface area contributed by atoms with E-state index < -0.39 is 17.9 Å². The van der Waals surface area contributed by atoms with E-state index in [1.54, 1.807) is 0 Å². The molecular weight excluding hydrogens is 639 g/mol. The number of ether oxygens (including phenoxy) is 1. The van der Waals surface area contributed by atoms with Crippen molar-refractivity contribution in [2.24, 2.45) is 5.73 Å². The molecule has 1 aromatic heterocycles. The van der Waals surface area contributed by atoms with Gasteiger partial charge in [-0.05, 0) is 41.0 Å². The number of amides is 2. The molecule has 4 N–H and O–H groups in total. The van der Waals surface area contributed by atoms with Crippen molar-refractivity contribution in [3.05, 3.63) is 99.2 Å². The van der Waals surface area contributed by atoms with Crippen molar-refractivity contribution in [3.8, 4) is 22.4 Å². The van der Waals surface area contributed by atoms with Gasteiger partial charge >= 0.3 is 11.8 Å². The molecule has 0 spiro atoms. The molecule has 10 nitrogen and oxygen atoms in total. The van der Waals surface area contributed by atoms with Gasteiger partial charge in [0.25, 0.3) is 0 Å². The molecule has 0 saturated carbocycles. The summed E-state index contributed by atoms with van der Waals surface area (Å²) >= 11 is 12.7. The Labute approximate surface area is 284 Å². The number of primary amides is 1. The van der Waals surface area contributed by atoms with Crippen LogP contribution in [0.25, 0.3) is 22.4 Å². The first-order valence-electron chi connectivity index (χ1n) is 15.7. The molecule has 1 fully saturated rings. The maximum atomic E-state index is 12.6. The number of aliphatic hydroxyl groups is 1. The van der Waals surface area contributed by atoms with Crippen LogP contribution in [0, 0.1) is 0 Å². The number of nitrogens with one attached hydrogen (secondary N) is 1. The highest BCUT2D eigenvalue weighted by atomic mass is 35.5. The summed E-state index contributed by atoms with van der Waals surface area (Å²) in [5, 5.41) is 20.8. The number of nitrogens with two attached hydrogens (primary N) is 1. The fourth-order valence-electron chi connectivity index (χ4n) is 6.19. The first kappa shape index (κ1) is 33.1. The van der Waals surface area contributed by atoms with Gasteiger partial charge in [0.1, 0.15) is 0 Å². The summed E-state index contributed by atoms with van der Waals surface area (Å²) in [6, 6.07) is 21.8. The van der Waals surface area contributed by atoms with Crippen LogP contribution in [-0.4, -0.2) is 82.0 Å². The van der Waals surface area contributed by atoms with E-state index in [1.807, 2.05) is 59.3 Å². The molecule has 3 heterocycles. The van der Waals surface area contributed by atoms with Gasteiger partial charge in [-0.3, -0.25) is 19.2 Å². The van der Waals surface area contributed by atoms with Crippen molar-refractivity contribution in [2.45, 2.75) is 38.7 Å². The molecule has 6 rings (SSSR count). The number of carbonyl (C=O) groups excluding carboxylic acids is 2. The van der Waals surface area contributed by atoms with Crippen molar-refractivity contribution < 1.29 is 19.4 Å². The van der Waals surface area contributed by atoms with Gasteiger partial charge in [-0.15, -0.1) is 0 Å². The molecule has 0 radical (unpaired) electrons. The molecule has 0 unspecified atom stereocenters. The Morgan fingerprint density at radius 3 is 2.26 bits per heavy atom. The highest BCUT2D eigenvalue weighted by molar-refractivity contribution is 6.34. The molecule has 47 heavy (non-hydrogen) atoms. The molecule has 12 heteroatoms. The average molecular weight is 678 g/mol. The van der Waals surface area contributed by atoms with Gasteiger partial charge < -0.3 is 25.8 Å². The van der Waals surface area contributed by atoms with Crippen molar-refractivity contribution in [1.29, 1.82) is 0 Å². The molecule has 0 bridgehead atoms. The first-order chi connectivity index (χ1) is 22.7. The standard InChI is InChI=1S/C35H38Cl2N6O4/c36-27-8-3-24(4-9-27)19-39-18-23-1-5-25(6-2-23)29-17-26(7-10-31(29)37)33-30-22-42(35(46)34(38)45)12-11-32(30)43(40-33)21-28(44)20-41-13-15-47-16-14-41/h1-10,17,28,39,44H,11-16,18-22H2,(H2,38,45)/t28-/m1/s1. The molecule has 0 aliphatic carbocycles. The minimum atomic E-state index is -0.985. The normalized spacial score (nSPS) is 15.8. The lowest BCUT2D eigenvalue weighted by Crippen LogP contribution is -2.43. The summed E-state index contributed by atoms with van der Waals surface area (Å²) in [5.74, 6) is -1.71. The van der Waals surface area contributed by atoms with Gasteiger partial charge in [-0.2, -0.15) is 5.10 Å². The quantitative estimate of drug-likeness (QED) is 0.218. The lowest BCUT2D eigenvalue weighted by molar-refractivity contribution is -0.144. The molecular formula is C35H38Cl2N6O4. The van der Waals surface area contributed by atoms with E-state index in [-0.39, 0.29) is 6.54 Å². The zero-order chi connectivity index (χ0) is 32.9. The van der Waals surface area contributed by atoms with E-state index in [9.17, 15) is 14.7 Å². The monoisotopic (exact) mass is 676 g/mol. The molecule has 2 amide bonds. The molecule has 1 saturated heterocycles. The van der Waals surface area contributed by atoms with Crippen LogP contribution in [0.4, 0.5) is 0 Å². The van der Waals surface area contributed by atoms with Gasteiger partial charge in [0.15, 0.2) is 0 Å². The SMILES string of the molecule is NC(=O)C(=O)N1CCc2c(c(-c3ccc(Cl)c(-c4ccc(CNCc5ccc(Cl)cc5)cc4)c3)nn2C[C@H](O)CN2CCOCC2)C1. The largest absolute Gasteiger partial charge is 0.390 e. The van der Waals surface area contributed by atoms with Gasteiger partial charge in [0.2, 0.25) is 0 Å². The van der Waals surface area contributed by atoms with E-state index in [4.69, 9.17) is 38.8 Å². The number of hydrogen-bond acceptors (Lipinski definition) is 7. The highest BCUT2D eigenvalue weighted by Gasteiger charge is 2.31. The Morgan fingerprint density at radius 2 is 1.57 bits per heavy atom. The zero-order valence-corrected chi connectivity index (χ0v) is 27.5. The van der Waals surface area contributed by atoms with E-state index >= 15 is 0 Å². The number of halogens is 2. The smallest absolute Gasteiger partial charge is 0.311 e. The minimum absolute atomic E-state index is 0.196. The maximum absolute atomic E-state index is 12.6. The fraction of sp³-hybridized carbons (Fsp3) is 0.343. The maximum Gasteiger partial charge on any atom is 0.311 e. The Bertz CT molecular complexity index is 1720. The highest BCUT2D eigenvalue weighted by Crippen LogP contribution is 2.36. The molecule has 2 aliphatic rings. The Hall–Kier alpha value is -3.77. The van der Waals surface area contributed by atoms with E-state index in [0.29, 0.717) is 56.5 Å². The zero-order valence-electron chi connectivity index (χ0n) is 26.0. The number of β-amino-alcohol motifs (C(OH)–C–C–N with tert-alkyl or cyclic N) is 1. The fourth-order valence-corrected chi connectivity index (χ4v) is 6.54. The number of aromatic nitrogens is 2. The number of aliphatic hydroxyl groups excluding tert-OH is 1. The number of rotatable bonds is 10. The number of hydrogen-bond donors (Lipinski definition) is 3. The predicted molar refractivity (Wildman–Crippen MR) is 182 cm³/mol. The molecule has 2 aliphatic heterocycles. The Kier molecular flexibility index (Phi) is 10.6. The lowest BCUT2D eigenvalue weighted by Gasteiger charge is -2.29. The van der Waals surface area contributed by atoms with E-state index in [2.05, 4.69) is 22.3 Å². The van der Waals surface area contributed by atoms with Crippen molar-refractivity contribution >= 4 is 35.0 Å². The van der Waals surface area contributed by atoms with E-state index in [0.717, 1.165) is 63.7 Å².